The molecule has 0 radical (unpaired) electrons. The molecular weight excluding hydrogens is 189 g/mol. The van der Waals surface area contributed by atoms with E-state index >= 15 is 0 Å². The Morgan fingerprint density at radius 3 is 3.00 bits per heavy atom. The largest absolute Gasteiger partial charge is 0.316 e. The fourth-order valence-corrected chi connectivity index (χ4v) is 2.30. The Hall–Kier alpha value is -0.890. The van der Waals surface area contributed by atoms with Crippen LogP contribution in [0, 0.1) is 18.7 Å². The van der Waals surface area contributed by atoms with E-state index < -0.39 is 0 Å². The summed E-state index contributed by atoms with van der Waals surface area (Å²) in [6.07, 6.45) is 3.65. The predicted octanol–water partition coefficient (Wildman–Crippen LogP) is 2.68. The maximum Gasteiger partial charge on any atom is 0.123 e. The maximum atomic E-state index is 12.9. The summed E-state index contributed by atoms with van der Waals surface area (Å²) >= 11 is 0. The first kappa shape index (κ1) is 10.6. The molecule has 0 bridgehead atoms. The molecule has 1 fully saturated rings. The van der Waals surface area contributed by atoms with Gasteiger partial charge in [0.25, 0.3) is 0 Å². The second-order valence-corrected chi connectivity index (χ2v) is 4.49. The van der Waals surface area contributed by atoms with Gasteiger partial charge < -0.3 is 5.32 Å². The number of halogens is 1. The van der Waals surface area contributed by atoms with Gasteiger partial charge in [0, 0.05) is 0 Å². The maximum absolute atomic E-state index is 12.9. The molecule has 82 valence electrons. The Labute approximate surface area is 90.7 Å². The first-order valence-electron chi connectivity index (χ1n) is 5.71. The summed E-state index contributed by atoms with van der Waals surface area (Å²) in [5.41, 5.74) is 2.38. The summed E-state index contributed by atoms with van der Waals surface area (Å²) in [6, 6.07) is 5.13. The van der Waals surface area contributed by atoms with Crippen molar-refractivity contribution < 1.29 is 4.39 Å². The summed E-state index contributed by atoms with van der Waals surface area (Å²) in [6.45, 7) is 4.25. The van der Waals surface area contributed by atoms with E-state index in [1.54, 1.807) is 12.1 Å². The van der Waals surface area contributed by atoms with Gasteiger partial charge in [0.15, 0.2) is 0 Å². The molecule has 0 aliphatic carbocycles. The van der Waals surface area contributed by atoms with E-state index in [-0.39, 0.29) is 5.82 Å². The van der Waals surface area contributed by atoms with Crippen molar-refractivity contribution in [3.8, 4) is 0 Å². The Morgan fingerprint density at radius 1 is 1.47 bits per heavy atom. The van der Waals surface area contributed by atoms with Gasteiger partial charge in [0.2, 0.25) is 0 Å². The highest BCUT2D eigenvalue weighted by molar-refractivity contribution is 5.27. The predicted molar refractivity (Wildman–Crippen MR) is 60.4 cm³/mol. The lowest BCUT2D eigenvalue weighted by atomic mass is 9.90. The van der Waals surface area contributed by atoms with Crippen LogP contribution in [-0.4, -0.2) is 13.1 Å². The monoisotopic (exact) mass is 207 g/mol. The minimum atomic E-state index is -0.127. The molecule has 1 aliphatic heterocycles. The summed E-state index contributed by atoms with van der Waals surface area (Å²) in [7, 11) is 0. The Balaban J connectivity index is 2.03. The van der Waals surface area contributed by atoms with Crippen LogP contribution in [0.1, 0.15) is 24.0 Å². The van der Waals surface area contributed by atoms with Gasteiger partial charge in [0.05, 0.1) is 0 Å². The van der Waals surface area contributed by atoms with E-state index in [0.29, 0.717) is 0 Å². The third-order valence-electron chi connectivity index (χ3n) is 3.21. The zero-order valence-electron chi connectivity index (χ0n) is 9.22. The molecule has 0 amide bonds. The van der Waals surface area contributed by atoms with Crippen LogP contribution in [0.2, 0.25) is 0 Å². The van der Waals surface area contributed by atoms with E-state index in [0.717, 1.165) is 31.0 Å². The quantitative estimate of drug-likeness (QED) is 0.786. The van der Waals surface area contributed by atoms with Gasteiger partial charge in [-0.25, -0.2) is 4.39 Å². The van der Waals surface area contributed by atoms with E-state index in [9.17, 15) is 4.39 Å². The van der Waals surface area contributed by atoms with Crippen LogP contribution in [0.3, 0.4) is 0 Å². The molecule has 1 heterocycles. The van der Waals surface area contributed by atoms with Crippen molar-refractivity contribution in [2.24, 2.45) is 5.92 Å². The minimum Gasteiger partial charge on any atom is -0.316 e. The molecule has 1 saturated heterocycles. The third kappa shape index (κ3) is 2.78. The number of aryl methyl sites for hydroxylation is 1. The van der Waals surface area contributed by atoms with E-state index in [2.05, 4.69) is 5.32 Å². The lowest BCUT2D eigenvalue weighted by molar-refractivity contribution is 0.375. The summed E-state index contributed by atoms with van der Waals surface area (Å²) in [5.74, 6) is 0.598. The highest BCUT2D eigenvalue weighted by Gasteiger charge is 2.14. The first-order chi connectivity index (χ1) is 7.25. The Morgan fingerprint density at radius 2 is 2.33 bits per heavy atom. The van der Waals surface area contributed by atoms with Gasteiger partial charge in [-0.3, -0.25) is 0 Å². The Bertz CT molecular complexity index is 329. The fraction of sp³-hybridized carbons (Fsp3) is 0.538. The smallest absolute Gasteiger partial charge is 0.123 e. The van der Waals surface area contributed by atoms with Crippen LogP contribution >= 0.6 is 0 Å². The van der Waals surface area contributed by atoms with E-state index in [4.69, 9.17) is 0 Å². The first-order valence-corrected chi connectivity index (χ1v) is 5.71. The lowest BCUT2D eigenvalue weighted by Gasteiger charge is -2.23. The summed E-state index contributed by atoms with van der Waals surface area (Å²) < 4.78 is 12.9. The average Bonchev–Trinajstić information content (AvgIpc) is 2.24. The molecule has 2 rings (SSSR count). The number of hydrogen-bond acceptors (Lipinski definition) is 1. The van der Waals surface area contributed by atoms with Crippen LogP contribution in [0.5, 0.6) is 0 Å². The topological polar surface area (TPSA) is 12.0 Å². The van der Waals surface area contributed by atoms with Crippen LogP contribution in [0.25, 0.3) is 0 Å². The summed E-state index contributed by atoms with van der Waals surface area (Å²) in [5, 5.41) is 3.41. The van der Waals surface area contributed by atoms with Crippen molar-refractivity contribution in [2.45, 2.75) is 26.2 Å². The highest BCUT2D eigenvalue weighted by atomic mass is 19.1. The number of benzene rings is 1. The van der Waals surface area contributed by atoms with Crippen LogP contribution < -0.4 is 5.32 Å². The van der Waals surface area contributed by atoms with Gasteiger partial charge in [0.1, 0.15) is 5.82 Å². The SMILES string of the molecule is Cc1cc(F)ccc1C[C@H]1CCCNC1. The van der Waals surface area contributed by atoms with Crippen molar-refractivity contribution >= 4 is 0 Å². The number of rotatable bonds is 2. The molecular formula is C13H18FN. The molecule has 0 aromatic heterocycles. The standard InChI is InChI=1S/C13H18FN/c1-10-7-13(14)5-4-12(10)8-11-3-2-6-15-9-11/h4-5,7,11,15H,2-3,6,8-9H2,1H3/t11-/m1/s1. The number of piperidine rings is 1. The molecule has 1 N–H and O–H groups in total. The molecule has 15 heavy (non-hydrogen) atoms. The van der Waals surface area contributed by atoms with Crippen molar-refractivity contribution in [2.75, 3.05) is 13.1 Å². The molecule has 0 spiro atoms. The van der Waals surface area contributed by atoms with Crippen LogP contribution in [-0.2, 0) is 6.42 Å². The van der Waals surface area contributed by atoms with Crippen LogP contribution in [0.15, 0.2) is 18.2 Å². The van der Waals surface area contributed by atoms with Crippen molar-refractivity contribution in [1.82, 2.24) is 5.32 Å². The molecule has 1 aliphatic rings. The van der Waals surface area contributed by atoms with Gasteiger partial charge in [-0.2, -0.15) is 0 Å². The van der Waals surface area contributed by atoms with Crippen LogP contribution in [0.4, 0.5) is 4.39 Å². The second kappa shape index (κ2) is 4.75. The van der Waals surface area contributed by atoms with Crippen molar-refractivity contribution in [1.29, 1.82) is 0 Å². The van der Waals surface area contributed by atoms with Gasteiger partial charge in [-0.05, 0) is 68.5 Å². The van der Waals surface area contributed by atoms with Gasteiger partial charge >= 0.3 is 0 Å². The molecule has 2 heteroatoms. The van der Waals surface area contributed by atoms with Crippen molar-refractivity contribution in [3.63, 3.8) is 0 Å². The fourth-order valence-electron chi connectivity index (χ4n) is 2.30. The van der Waals surface area contributed by atoms with Gasteiger partial charge in [-0.15, -0.1) is 0 Å². The zero-order valence-corrected chi connectivity index (χ0v) is 9.22. The minimum absolute atomic E-state index is 0.127. The molecule has 1 atom stereocenters. The number of nitrogens with one attached hydrogen (secondary N) is 1. The van der Waals surface area contributed by atoms with Crippen molar-refractivity contribution in [3.05, 3.63) is 35.1 Å². The number of hydrogen-bond donors (Lipinski definition) is 1. The lowest BCUT2D eigenvalue weighted by Crippen LogP contribution is -2.30. The molecule has 0 unspecified atom stereocenters. The molecule has 1 aromatic carbocycles. The van der Waals surface area contributed by atoms with Gasteiger partial charge in [-0.1, -0.05) is 6.07 Å². The second-order valence-electron chi connectivity index (χ2n) is 4.49. The third-order valence-corrected chi connectivity index (χ3v) is 3.21. The highest BCUT2D eigenvalue weighted by Crippen LogP contribution is 2.19. The van der Waals surface area contributed by atoms with E-state index in [1.165, 1.54) is 18.4 Å². The normalized spacial score (nSPS) is 21.6. The summed E-state index contributed by atoms with van der Waals surface area (Å²) in [4.78, 5) is 0. The zero-order chi connectivity index (χ0) is 10.7. The average molecular weight is 207 g/mol. The molecule has 1 aromatic rings. The Kier molecular flexibility index (Phi) is 3.37. The van der Waals surface area contributed by atoms with E-state index in [1.807, 2.05) is 13.0 Å². The molecule has 0 saturated carbocycles. The molecule has 1 nitrogen and oxygen atoms in total.